The van der Waals surface area contributed by atoms with E-state index in [-0.39, 0.29) is 0 Å². The molecule has 0 atom stereocenters. The van der Waals surface area contributed by atoms with E-state index >= 15 is 0 Å². The van der Waals surface area contributed by atoms with Crippen molar-refractivity contribution in [3.8, 4) is 0 Å². The third kappa shape index (κ3) is 1.25. The average Bonchev–Trinajstić information content (AvgIpc) is 2.38. The fourth-order valence-electron chi connectivity index (χ4n) is 0.615. The monoisotopic (exact) mass is 136 g/mol. The summed E-state index contributed by atoms with van der Waals surface area (Å²) in [7, 11) is 0. The third-order valence-electron chi connectivity index (χ3n) is 1.07. The minimum Gasteiger partial charge on any atom is -0.463 e. The Morgan fingerprint density at radius 3 is 3.00 bits per heavy atom. The second-order valence-electron chi connectivity index (χ2n) is 1.77. The normalized spacial score (nSPS) is 11.4. The van der Waals surface area contributed by atoms with E-state index in [2.05, 4.69) is 0 Å². The molecule has 0 aliphatic carbocycles. The van der Waals surface area contributed by atoms with E-state index in [1.165, 1.54) is 6.08 Å². The van der Waals surface area contributed by atoms with Gasteiger partial charge in [0.2, 0.25) is 0 Å². The van der Waals surface area contributed by atoms with E-state index in [4.69, 9.17) is 15.6 Å². The van der Waals surface area contributed by atoms with Crippen molar-refractivity contribution in [2.45, 2.75) is 0 Å². The molecule has 0 saturated carbocycles. The van der Waals surface area contributed by atoms with Crippen LogP contribution < -0.4 is 5.73 Å². The zero-order chi connectivity index (χ0) is 7.40. The summed E-state index contributed by atoms with van der Waals surface area (Å²) in [5.41, 5.74) is 5.94. The lowest BCUT2D eigenvalue weighted by atomic mass is 10.3. The molecule has 52 valence electrons. The number of nitrogens with one attached hydrogen (secondary N) is 1. The van der Waals surface area contributed by atoms with Crippen LogP contribution in [0.3, 0.4) is 0 Å². The van der Waals surface area contributed by atoms with E-state index in [9.17, 15) is 0 Å². The van der Waals surface area contributed by atoms with Gasteiger partial charge in [0.15, 0.2) is 0 Å². The number of hydrogen-bond acceptors (Lipinski definition) is 3. The third-order valence-corrected chi connectivity index (χ3v) is 1.07. The van der Waals surface area contributed by atoms with Crippen LogP contribution in [0.1, 0.15) is 5.76 Å². The zero-order valence-corrected chi connectivity index (χ0v) is 5.37. The predicted molar refractivity (Wildman–Crippen MR) is 39.7 cm³/mol. The molecule has 0 saturated heterocycles. The van der Waals surface area contributed by atoms with Gasteiger partial charge in [-0.25, -0.2) is 0 Å². The number of nitrogens with two attached hydrogens (primary N) is 1. The summed E-state index contributed by atoms with van der Waals surface area (Å²) in [5.74, 6) is 0.600. The highest BCUT2D eigenvalue weighted by molar-refractivity contribution is 5.80. The van der Waals surface area contributed by atoms with E-state index in [0.717, 1.165) is 6.21 Å². The molecule has 0 amide bonds. The van der Waals surface area contributed by atoms with Gasteiger partial charge in [0.1, 0.15) is 5.76 Å². The lowest BCUT2D eigenvalue weighted by molar-refractivity contribution is 0.552. The van der Waals surface area contributed by atoms with E-state index < -0.39 is 0 Å². The summed E-state index contributed by atoms with van der Waals surface area (Å²) in [6.07, 6.45) is 4.14. The SMILES string of the molecule is N=C/C=C(\N)c1ccco1. The molecule has 0 aliphatic rings. The lowest BCUT2D eigenvalue weighted by Crippen LogP contribution is -1.93. The van der Waals surface area contributed by atoms with Crippen molar-refractivity contribution in [2.75, 3.05) is 0 Å². The number of rotatable bonds is 2. The Labute approximate surface area is 58.7 Å². The second-order valence-corrected chi connectivity index (χ2v) is 1.77. The van der Waals surface area contributed by atoms with Gasteiger partial charge in [-0.15, -0.1) is 0 Å². The van der Waals surface area contributed by atoms with Gasteiger partial charge in [-0.2, -0.15) is 0 Å². The minimum atomic E-state index is 0.472. The Hall–Kier alpha value is -1.51. The highest BCUT2D eigenvalue weighted by Crippen LogP contribution is 2.07. The largest absolute Gasteiger partial charge is 0.463 e. The van der Waals surface area contributed by atoms with Gasteiger partial charge in [-0.1, -0.05) is 0 Å². The van der Waals surface area contributed by atoms with Crippen molar-refractivity contribution in [3.63, 3.8) is 0 Å². The molecule has 3 heteroatoms. The summed E-state index contributed by atoms with van der Waals surface area (Å²) >= 11 is 0. The van der Waals surface area contributed by atoms with Gasteiger partial charge >= 0.3 is 0 Å². The minimum absolute atomic E-state index is 0.472. The van der Waals surface area contributed by atoms with Crippen molar-refractivity contribution < 1.29 is 4.42 Å². The van der Waals surface area contributed by atoms with Crippen molar-refractivity contribution >= 4 is 11.9 Å². The van der Waals surface area contributed by atoms with Crippen molar-refractivity contribution in [2.24, 2.45) is 5.73 Å². The fourth-order valence-corrected chi connectivity index (χ4v) is 0.615. The maximum atomic E-state index is 6.71. The number of hydrogen-bond donors (Lipinski definition) is 2. The zero-order valence-electron chi connectivity index (χ0n) is 5.37. The first-order valence-electron chi connectivity index (χ1n) is 2.84. The molecule has 1 aromatic rings. The summed E-state index contributed by atoms with van der Waals surface area (Å²) < 4.78 is 4.95. The lowest BCUT2D eigenvalue weighted by Gasteiger charge is -1.90. The predicted octanol–water partition coefficient (Wildman–Crippen LogP) is 1.23. The van der Waals surface area contributed by atoms with Crippen LogP contribution in [0, 0.1) is 5.41 Å². The van der Waals surface area contributed by atoms with E-state index in [1.807, 2.05) is 0 Å². The number of allylic oxidation sites excluding steroid dienone is 1. The molecule has 0 aromatic carbocycles. The molecule has 3 N–H and O–H groups in total. The van der Waals surface area contributed by atoms with Crippen LogP contribution in [0.15, 0.2) is 28.9 Å². The number of furan rings is 1. The van der Waals surface area contributed by atoms with Crippen LogP contribution >= 0.6 is 0 Å². The van der Waals surface area contributed by atoms with Crippen LogP contribution in [0.25, 0.3) is 5.70 Å². The van der Waals surface area contributed by atoms with Crippen molar-refractivity contribution in [1.29, 1.82) is 5.41 Å². The summed E-state index contributed by atoms with van der Waals surface area (Å²) in [6.45, 7) is 0. The molecule has 1 heterocycles. The Bertz CT molecular complexity index is 236. The molecule has 1 rings (SSSR count). The molecule has 0 spiro atoms. The smallest absolute Gasteiger partial charge is 0.149 e. The highest BCUT2D eigenvalue weighted by Gasteiger charge is 1.95. The topological polar surface area (TPSA) is 63.0 Å². The van der Waals surface area contributed by atoms with Gasteiger partial charge in [-0.3, -0.25) is 0 Å². The summed E-state index contributed by atoms with van der Waals surface area (Å²) in [5, 5.41) is 6.71. The summed E-state index contributed by atoms with van der Waals surface area (Å²) in [6, 6.07) is 3.50. The maximum Gasteiger partial charge on any atom is 0.149 e. The molecule has 0 radical (unpaired) electrons. The Morgan fingerprint density at radius 2 is 2.50 bits per heavy atom. The Balaban J connectivity index is 2.86. The molecule has 0 unspecified atom stereocenters. The van der Waals surface area contributed by atoms with Crippen LogP contribution in [0.5, 0.6) is 0 Å². The Morgan fingerprint density at radius 1 is 1.70 bits per heavy atom. The quantitative estimate of drug-likeness (QED) is 0.600. The molecular weight excluding hydrogens is 128 g/mol. The standard InChI is InChI=1S/C7H8N2O/c8-4-3-6(9)7-2-1-5-10-7/h1-5,8H,9H2/b6-3-,8-4?. The second kappa shape index (κ2) is 2.87. The maximum absolute atomic E-state index is 6.71. The van der Waals surface area contributed by atoms with Gasteiger partial charge in [0.25, 0.3) is 0 Å². The van der Waals surface area contributed by atoms with Crippen molar-refractivity contribution in [3.05, 3.63) is 30.2 Å². The average molecular weight is 136 g/mol. The van der Waals surface area contributed by atoms with Gasteiger partial charge in [0.05, 0.1) is 12.0 Å². The molecule has 3 nitrogen and oxygen atoms in total. The summed E-state index contributed by atoms with van der Waals surface area (Å²) in [4.78, 5) is 0. The first kappa shape index (κ1) is 6.61. The van der Waals surface area contributed by atoms with Crippen LogP contribution in [-0.2, 0) is 0 Å². The van der Waals surface area contributed by atoms with E-state index in [1.54, 1.807) is 18.4 Å². The van der Waals surface area contributed by atoms with Crippen LogP contribution in [0.4, 0.5) is 0 Å². The molecular formula is C7H8N2O. The fraction of sp³-hybridized carbons (Fsp3) is 0. The first-order chi connectivity index (χ1) is 4.84. The molecule has 1 aromatic heterocycles. The first-order valence-corrected chi connectivity index (χ1v) is 2.84. The van der Waals surface area contributed by atoms with Crippen LogP contribution in [0.2, 0.25) is 0 Å². The van der Waals surface area contributed by atoms with Crippen molar-refractivity contribution in [1.82, 2.24) is 0 Å². The molecule has 0 bridgehead atoms. The van der Waals surface area contributed by atoms with Gasteiger partial charge in [0, 0.05) is 6.21 Å². The van der Waals surface area contributed by atoms with Gasteiger partial charge in [-0.05, 0) is 18.2 Å². The molecule has 0 fully saturated rings. The molecule has 10 heavy (non-hydrogen) atoms. The van der Waals surface area contributed by atoms with E-state index in [0.29, 0.717) is 11.5 Å². The van der Waals surface area contributed by atoms with Gasteiger partial charge < -0.3 is 15.6 Å². The molecule has 0 aliphatic heterocycles. The Kier molecular flexibility index (Phi) is 1.89. The highest BCUT2D eigenvalue weighted by atomic mass is 16.3. The van der Waals surface area contributed by atoms with Crippen LogP contribution in [-0.4, -0.2) is 6.21 Å².